The fourth-order valence-electron chi connectivity index (χ4n) is 5.06. The highest BCUT2D eigenvalue weighted by atomic mass is 16.5. The van der Waals surface area contributed by atoms with Gasteiger partial charge in [-0.05, 0) is 30.7 Å². The van der Waals surface area contributed by atoms with Crippen LogP contribution < -0.4 is 31.0 Å². The summed E-state index contributed by atoms with van der Waals surface area (Å²) in [5.41, 5.74) is 0.643. The van der Waals surface area contributed by atoms with E-state index >= 15 is 0 Å². The molecule has 12 heteroatoms. The monoisotopic (exact) mass is 535 g/mol. The van der Waals surface area contributed by atoms with Crippen molar-refractivity contribution in [2.75, 3.05) is 38.1 Å². The number of ether oxygens (including phenoxy) is 3. The maximum absolute atomic E-state index is 13.7. The number of methoxy groups -OCH3 is 2. The number of carboxylic acid groups (broad SMARTS) is 1. The number of amides is 1. The number of hydrogen-bond donors (Lipinski definition) is 4. The average Bonchev–Trinajstić information content (AvgIpc) is 3.21. The average molecular weight is 536 g/mol. The minimum Gasteiger partial charge on any atom is -0.497 e. The van der Waals surface area contributed by atoms with Gasteiger partial charge in [-0.1, -0.05) is 0 Å². The number of nitrogens with zero attached hydrogens (tertiary/aromatic N) is 2. The van der Waals surface area contributed by atoms with Crippen LogP contribution in [0.3, 0.4) is 0 Å². The Morgan fingerprint density at radius 1 is 1.15 bits per heavy atom. The number of rotatable bonds is 8. The van der Waals surface area contributed by atoms with Gasteiger partial charge in [0.15, 0.2) is 0 Å². The number of carboxylic acids is 1. The lowest BCUT2D eigenvalue weighted by atomic mass is 10.0. The molecule has 0 unspecified atom stereocenters. The Balaban J connectivity index is 1.48. The molecule has 2 aromatic heterocycles. The molecule has 0 saturated carbocycles. The van der Waals surface area contributed by atoms with Crippen molar-refractivity contribution in [1.29, 1.82) is 0 Å². The van der Waals surface area contributed by atoms with Gasteiger partial charge < -0.3 is 35.3 Å². The van der Waals surface area contributed by atoms with E-state index in [2.05, 4.69) is 20.9 Å². The number of aryl methyl sites for hydroxylation is 1. The Morgan fingerprint density at radius 2 is 1.92 bits per heavy atom. The van der Waals surface area contributed by atoms with Gasteiger partial charge in [-0.2, -0.15) is 0 Å². The van der Waals surface area contributed by atoms with Crippen LogP contribution in [0.5, 0.6) is 11.5 Å². The summed E-state index contributed by atoms with van der Waals surface area (Å²) in [6, 6.07) is 8.51. The van der Waals surface area contributed by atoms with Crippen LogP contribution in [0.25, 0.3) is 0 Å². The highest BCUT2D eigenvalue weighted by Gasteiger charge is 2.45. The summed E-state index contributed by atoms with van der Waals surface area (Å²) < 4.78 is 17.6. The summed E-state index contributed by atoms with van der Waals surface area (Å²) >= 11 is 0. The number of benzene rings is 1. The van der Waals surface area contributed by atoms with E-state index in [4.69, 9.17) is 14.2 Å². The number of anilines is 3. The van der Waals surface area contributed by atoms with E-state index in [0.717, 1.165) is 5.56 Å². The molecule has 2 aliphatic rings. The third-order valence-electron chi connectivity index (χ3n) is 7.06. The second-order valence-corrected chi connectivity index (χ2v) is 9.40. The quantitative estimate of drug-likeness (QED) is 0.339. The first kappa shape index (κ1) is 26.0. The number of fused-ring (bicyclic) bond motifs is 2. The van der Waals surface area contributed by atoms with E-state index < -0.39 is 17.2 Å². The Morgan fingerprint density at radius 3 is 2.62 bits per heavy atom. The molecule has 3 aromatic rings. The first-order valence-electron chi connectivity index (χ1n) is 12.4. The van der Waals surface area contributed by atoms with E-state index in [-0.39, 0.29) is 22.8 Å². The molecule has 4 N–H and O–H groups in total. The summed E-state index contributed by atoms with van der Waals surface area (Å²) in [5, 5.41) is 18.9. The van der Waals surface area contributed by atoms with Crippen molar-refractivity contribution in [3.8, 4) is 11.5 Å². The number of carbonyl (C=O) groups is 2. The van der Waals surface area contributed by atoms with Crippen molar-refractivity contribution in [2.24, 2.45) is 0 Å². The molecular formula is C27H29N5O7. The van der Waals surface area contributed by atoms with Crippen LogP contribution in [0.15, 0.2) is 41.3 Å². The number of aromatic nitrogens is 2. The minimum atomic E-state index is -1.20. The van der Waals surface area contributed by atoms with Gasteiger partial charge in [0.05, 0.1) is 33.1 Å². The van der Waals surface area contributed by atoms with Crippen LogP contribution in [0.1, 0.15) is 44.8 Å². The van der Waals surface area contributed by atoms with Crippen molar-refractivity contribution < 1.29 is 28.9 Å². The molecule has 1 amide bonds. The highest BCUT2D eigenvalue weighted by Crippen LogP contribution is 2.34. The molecule has 39 heavy (non-hydrogen) atoms. The lowest BCUT2D eigenvalue weighted by molar-refractivity contribution is 0.0120. The Kier molecular flexibility index (Phi) is 6.87. The third-order valence-corrected chi connectivity index (χ3v) is 7.06. The second kappa shape index (κ2) is 10.3. The van der Waals surface area contributed by atoms with Crippen LogP contribution >= 0.6 is 0 Å². The molecule has 204 valence electrons. The van der Waals surface area contributed by atoms with Crippen LogP contribution in [-0.4, -0.2) is 54.0 Å². The van der Waals surface area contributed by atoms with Gasteiger partial charge in [0, 0.05) is 43.3 Å². The van der Waals surface area contributed by atoms with E-state index in [1.54, 1.807) is 33.3 Å². The molecule has 5 rings (SSSR count). The first-order chi connectivity index (χ1) is 18.8. The number of hydrogen-bond acceptors (Lipinski definition) is 9. The predicted octanol–water partition coefficient (Wildman–Crippen LogP) is 2.83. The molecule has 0 atom stereocenters. The van der Waals surface area contributed by atoms with Gasteiger partial charge in [0.1, 0.15) is 39.9 Å². The van der Waals surface area contributed by atoms with Crippen LogP contribution in [0, 0.1) is 6.92 Å². The zero-order chi connectivity index (χ0) is 27.7. The van der Waals surface area contributed by atoms with Gasteiger partial charge in [0.2, 0.25) is 0 Å². The van der Waals surface area contributed by atoms with Crippen molar-refractivity contribution in [2.45, 2.75) is 32.0 Å². The molecule has 0 radical (unpaired) electrons. The predicted molar refractivity (Wildman–Crippen MR) is 142 cm³/mol. The molecule has 1 aromatic carbocycles. The molecule has 4 heterocycles. The van der Waals surface area contributed by atoms with Gasteiger partial charge in [0.25, 0.3) is 11.5 Å². The SMILES string of the molecule is COc1ccc(CNc2cc(Nc3cc(C)c4n(c3=O)C3(CCOCC3)NC4=O)c(C(=O)O)cn2)c(OC)c1. The van der Waals surface area contributed by atoms with Crippen molar-refractivity contribution in [3.63, 3.8) is 0 Å². The van der Waals surface area contributed by atoms with Gasteiger partial charge in [-0.25, -0.2) is 9.78 Å². The third kappa shape index (κ3) is 4.74. The largest absolute Gasteiger partial charge is 0.497 e. The van der Waals surface area contributed by atoms with Gasteiger partial charge in [-0.3, -0.25) is 14.2 Å². The maximum Gasteiger partial charge on any atom is 0.339 e. The van der Waals surface area contributed by atoms with E-state index in [1.807, 2.05) is 12.1 Å². The fraction of sp³-hybridized carbons (Fsp3) is 0.333. The number of carbonyl (C=O) groups excluding carboxylic acids is 1. The van der Waals surface area contributed by atoms with Crippen LogP contribution in [0.4, 0.5) is 17.2 Å². The maximum atomic E-state index is 13.7. The zero-order valence-electron chi connectivity index (χ0n) is 21.8. The topological polar surface area (TPSA) is 153 Å². The number of aromatic carboxylic acids is 1. The minimum absolute atomic E-state index is 0.111. The molecule has 12 nitrogen and oxygen atoms in total. The van der Waals surface area contributed by atoms with Gasteiger partial charge in [-0.15, -0.1) is 0 Å². The molecule has 1 fully saturated rings. The molecule has 0 bridgehead atoms. The fourth-order valence-corrected chi connectivity index (χ4v) is 5.06. The number of pyridine rings is 2. The smallest absolute Gasteiger partial charge is 0.339 e. The lowest BCUT2D eigenvalue weighted by Gasteiger charge is -2.35. The Bertz CT molecular complexity index is 1510. The van der Waals surface area contributed by atoms with Crippen LogP contribution in [0.2, 0.25) is 0 Å². The molecule has 1 saturated heterocycles. The van der Waals surface area contributed by atoms with Crippen LogP contribution in [-0.2, 0) is 16.9 Å². The van der Waals surface area contributed by atoms with Crippen molar-refractivity contribution >= 4 is 29.1 Å². The molecule has 0 aliphatic carbocycles. The number of nitrogens with one attached hydrogen (secondary N) is 3. The summed E-state index contributed by atoms with van der Waals surface area (Å²) in [6.07, 6.45) is 2.13. The molecule has 2 aliphatic heterocycles. The first-order valence-corrected chi connectivity index (χ1v) is 12.4. The summed E-state index contributed by atoms with van der Waals surface area (Å²) in [5.74, 6) is 0.143. The van der Waals surface area contributed by atoms with E-state index in [9.17, 15) is 19.5 Å². The molecular weight excluding hydrogens is 506 g/mol. The normalized spacial score (nSPS) is 15.4. The summed E-state index contributed by atoms with van der Waals surface area (Å²) in [7, 11) is 3.13. The highest BCUT2D eigenvalue weighted by molar-refractivity contribution is 5.98. The summed E-state index contributed by atoms with van der Waals surface area (Å²) in [4.78, 5) is 42.7. The second-order valence-electron chi connectivity index (χ2n) is 9.40. The van der Waals surface area contributed by atoms with Gasteiger partial charge >= 0.3 is 5.97 Å². The standard InChI is InChI=1S/C27H29N5O7/c1-15-10-20(25(34)32-23(15)24(33)31-27(32)6-8-39-9-7-27)30-19-12-22(29-14-18(19)26(35)36)28-13-16-4-5-17(37-2)11-21(16)38-3/h4-5,10-12,14H,6-9,13H2,1-3H3,(H,31,33)(H,35,36)(H2,28,29,30). The van der Waals surface area contributed by atoms with E-state index in [0.29, 0.717) is 61.2 Å². The lowest BCUT2D eigenvalue weighted by Crippen LogP contribution is -2.51. The van der Waals surface area contributed by atoms with Crippen molar-refractivity contribution in [3.05, 3.63) is 69.3 Å². The molecule has 1 spiro atoms. The Hall–Kier alpha value is -4.58. The zero-order valence-corrected chi connectivity index (χ0v) is 21.8. The summed E-state index contributed by atoms with van der Waals surface area (Å²) in [6.45, 7) is 2.90. The van der Waals surface area contributed by atoms with Crippen molar-refractivity contribution in [1.82, 2.24) is 14.9 Å². The van der Waals surface area contributed by atoms with E-state index in [1.165, 1.54) is 16.8 Å². The Labute approximate surface area is 223 Å².